The van der Waals surface area contributed by atoms with Crippen LogP contribution in [0, 0.1) is 11.3 Å². The number of urea groups is 1. The van der Waals surface area contributed by atoms with Crippen molar-refractivity contribution in [1.29, 1.82) is 0 Å². The average molecular weight is 568 g/mol. The van der Waals surface area contributed by atoms with E-state index in [1.54, 1.807) is 18.2 Å². The van der Waals surface area contributed by atoms with Crippen LogP contribution in [-0.4, -0.2) is 50.1 Å². The summed E-state index contributed by atoms with van der Waals surface area (Å²) in [6.07, 6.45) is 5.32. The quantitative estimate of drug-likeness (QED) is 0.313. The average Bonchev–Trinajstić information content (AvgIpc) is 3.59. The molecule has 41 heavy (non-hydrogen) atoms. The van der Waals surface area contributed by atoms with Crippen molar-refractivity contribution in [1.82, 2.24) is 25.5 Å². The van der Waals surface area contributed by atoms with Gasteiger partial charge in [-0.25, -0.2) is 4.79 Å². The predicted molar refractivity (Wildman–Crippen MR) is 149 cm³/mol. The van der Waals surface area contributed by atoms with Crippen molar-refractivity contribution in [3.63, 3.8) is 0 Å². The zero-order valence-electron chi connectivity index (χ0n) is 23.4. The van der Waals surface area contributed by atoms with Crippen molar-refractivity contribution in [2.45, 2.75) is 78.0 Å². The molecule has 5 rings (SSSR count). The lowest BCUT2D eigenvalue weighted by Gasteiger charge is -2.43. The maximum atomic E-state index is 13.9. The van der Waals surface area contributed by atoms with Gasteiger partial charge >= 0.3 is 12.6 Å². The third kappa shape index (κ3) is 6.63. The van der Waals surface area contributed by atoms with Gasteiger partial charge in [0.25, 0.3) is 11.9 Å². The number of carbonyl (C=O) groups excluding carboxylic acids is 2. The predicted octanol–water partition coefficient (Wildman–Crippen LogP) is 6.18. The van der Waals surface area contributed by atoms with Gasteiger partial charge in [0.2, 0.25) is 0 Å². The minimum atomic E-state index is -2.91. The molecule has 218 valence electrons. The number of aromatic amines is 1. The van der Waals surface area contributed by atoms with E-state index in [1.165, 1.54) is 12.1 Å². The number of aryl methyl sites for hydroxylation is 1. The number of nitrogens with zero attached hydrogens (tertiary/aromatic N) is 4. The molecule has 0 saturated heterocycles. The standard InChI is InChI=1S/C29H35F2N7O3/c1-29(2,3)19-6-10-21(11-7-19)38(28(40)32-20-8-12-22(13-9-20)41-26(30)31)24-15-5-17-16-18(4-14-23(17)24)25(39)33-27-34-36-37-35-27/h4,8-9,12-14,16,19,21,24,26H,5-7,10-11,15H2,1-3H3,(H,32,40)(H2,33,34,35,36,37,39). The van der Waals surface area contributed by atoms with E-state index in [-0.39, 0.29) is 41.1 Å². The Kier molecular flexibility index (Phi) is 8.18. The lowest BCUT2D eigenvalue weighted by molar-refractivity contribution is -0.0498. The van der Waals surface area contributed by atoms with Crippen LogP contribution in [-0.2, 0) is 6.42 Å². The number of carbonyl (C=O) groups is 2. The number of fused-ring (bicyclic) bond motifs is 1. The van der Waals surface area contributed by atoms with Gasteiger partial charge in [0, 0.05) is 17.3 Å². The number of rotatable bonds is 7. The van der Waals surface area contributed by atoms with Crippen molar-refractivity contribution in [3.8, 4) is 5.75 Å². The van der Waals surface area contributed by atoms with Crippen LogP contribution < -0.4 is 15.4 Å². The zero-order chi connectivity index (χ0) is 29.1. The molecule has 12 heteroatoms. The molecular formula is C29H35F2N7O3. The van der Waals surface area contributed by atoms with Crippen molar-refractivity contribution in [2.24, 2.45) is 11.3 Å². The lowest BCUT2D eigenvalue weighted by atomic mass is 9.71. The van der Waals surface area contributed by atoms with Gasteiger partial charge in [0.15, 0.2) is 0 Å². The summed E-state index contributed by atoms with van der Waals surface area (Å²) in [7, 11) is 0. The largest absolute Gasteiger partial charge is 0.435 e. The topological polar surface area (TPSA) is 125 Å². The number of ether oxygens (including phenoxy) is 1. The number of hydrogen-bond acceptors (Lipinski definition) is 6. The number of aromatic nitrogens is 4. The van der Waals surface area contributed by atoms with Crippen molar-refractivity contribution >= 4 is 23.6 Å². The van der Waals surface area contributed by atoms with E-state index in [9.17, 15) is 18.4 Å². The number of benzene rings is 2. The molecule has 2 aliphatic rings. The van der Waals surface area contributed by atoms with Crippen molar-refractivity contribution in [2.75, 3.05) is 10.6 Å². The van der Waals surface area contributed by atoms with E-state index in [2.05, 4.69) is 56.8 Å². The summed E-state index contributed by atoms with van der Waals surface area (Å²) in [5.74, 6) is 0.365. The first-order chi connectivity index (χ1) is 19.6. The molecule has 2 aliphatic carbocycles. The Labute approximate surface area is 237 Å². The van der Waals surface area contributed by atoms with Gasteiger partial charge in [-0.15, -0.1) is 5.10 Å². The Morgan fingerprint density at radius 2 is 1.76 bits per heavy atom. The molecule has 2 aromatic carbocycles. The summed E-state index contributed by atoms with van der Waals surface area (Å²) in [6, 6.07) is 11.1. The number of anilines is 2. The number of tetrazole rings is 1. The lowest BCUT2D eigenvalue weighted by Crippen LogP contribution is -2.47. The molecule has 0 spiro atoms. The number of nitrogens with one attached hydrogen (secondary N) is 3. The Balaban J connectivity index is 1.37. The summed E-state index contributed by atoms with van der Waals surface area (Å²) in [6.45, 7) is 3.89. The normalized spacial score (nSPS) is 20.4. The van der Waals surface area contributed by atoms with Crippen LogP contribution in [0.4, 0.5) is 25.2 Å². The molecule has 0 aliphatic heterocycles. The van der Waals surface area contributed by atoms with Gasteiger partial charge in [-0.1, -0.05) is 31.9 Å². The van der Waals surface area contributed by atoms with E-state index in [4.69, 9.17) is 0 Å². The Hall–Kier alpha value is -4.09. The van der Waals surface area contributed by atoms with Gasteiger partial charge in [0.1, 0.15) is 5.75 Å². The number of hydrogen-bond donors (Lipinski definition) is 3. The van der Waals surface area contributed by atoms with E-state index < -0.39 is 6.61 Å². The molecule has 1 unspecified atom stereocenters. The molecule has 1 saturated carbocycles. The molecule has 1 aromatic heterocycles. The highest BCUT2D eigenvalue weighted by Crippen LogP contribution is 2.44. The Bertz CT molecular complexity index is 1350. The van der Waals surface area contributed by atoms with Gasteiger partial charge in [0.05, 0.1) is 6.04 Å². The monoisotopic (exact) mass is 567 g/mol. The molecule has 3 amide bonds. The summed E-state index contributed by atoms with van der Waals surface area (Å²) in [5.41, 5.74) is 3.22. The number of H-pyrrole nitrogens is 1. The van der Waals surface area contributed by atoms with Crippen molar-refractivity contribution in [3.05, 3.63) is 59.2 Å². The molecular weight excluding hydrogens is 532 g/mol. The van der Waals surface area contributed by atoms with E-state index in [1.807, 2.05) is 17.0 Å². The maximum absolute atomic E-state index is 13.9. The van der Waals surface area contributed by atoms with Gasteiger partial charge in [-0.2, -0.15) is 14.0 Å². The molecule has 3 N–H and O–H groups in total. The summed E-state index contributed by atoms with van der Waals surface area (Å²) in [5, 5.41) is 18.9. The van der Waals surface area contributed by atoms with Crippen LogP contribution >= 0.6 is 0 Å². The highest BCUT2D eigenvalue weighted by Gasteiger charge is 2.39. The summed E-state index contributed by atoms with van der Waals surface area (Å²) >= 11 is 0. The smallest absolute Gasteiger partial charge is 0.387 e. The maximum Gasteiger partial charge on any atom is 0.387 e. The third-order valence-electron chi connectivity index (χ3n) is 8.24. The zero-order valence-corrected chi connectivity index (χ0v) is 23.4. The second kappa shape index (κ2) is 11.8. The van der Waals surface area contributed by atoms with Gasteiger partial charge in [-0.3, -0.25) is 10.1 Å². The molecule has 3 aromatic rings. The van der Waals surface area contributed by atoms with Crippen LogP contribution in [0.3, 0.4) is 0 Å². The Morgan fingerprint density at radius 1 is 1.02 bits per heavy atom. The molecule has 0 radical (unpaired) electrons. The highest BCUT2D eigenvalue weighted by molar-refractivity contribution is 6.03. The number of amides is 3. The molecule has 1 heterocycles. The van der Waals surface area contributed by atoms with E-state index in [0.29, 0.717) is 17.2 Å². The first kappa shape index (κ1) is 28.4. The molecule has 1 fully saturated rings. The fraction of sp³-hybridized carbons (Fsp3) is 0.483. The number of halogens is 2. The van der Waals surface area contributed by atoms with Crippen LogP contribution in [0.1, 0.15) is 80.4 Å². The Morgan fingerprint density at radius 3 is 2.39 bits per heavy atom. The van der Waals surface area contributed by atoms with Crippen LogP contribution in [0.2, 0.25) is 0 Å². The van der Waals surface area contributed by atoms with Crippen molar-refractivity contribution < 1.29 is 23.1 Å². The second-order valence-electron chi connectivity index (χ2n) is 11.8. The van der Waals surface area contributed by atoms with E-state index in [0.717, 1.165) is 49.7 Å². The summed E-state index contributed by atoms with van der Waals surface area (Å²) < 4.78 is 29.6. The second-order valence-corrected chi connectivity index (χ2v) is 11.8. The fourth-order valence-electron chi connectivity index (χ4n) is 6.10. The third-order valence-corrected chi connectivity index (χ3v) is 8.24. The number of alkyl halides is 2. The fourth-order valence-corrected chi connectivity index (χ4v) is 6.10. The minimum Gasteiger partial charge on any atom is -0.435 e. The van der Waals surface area contributed by atoms with E-state index >= 15 is 0 Å². The van der Waals surface area contributed by atoms with Gasteiger partial charge in [-0.05, 0) is 103 Å². The minimum absolute atomic E-state index is 0.0271. The first-order valence-corrected chi connectivity index (χ1v) is 13.9. The molecule has 1 atom stereocenters. The molecule has 0 bridgehead atoms. The highest BCUT2D eigenvalue weighted by atomic mass is 19.3. The first-order valence-electron chi connectivity index (χ1n) is 13.9. The SMILES string of the molecule is CC(C)(C)C1CCC(N(C(=O)Nc2ccc(OC(F)F)cc2)C2CCc3cc(C(=O)Nc4nn[nH]n4)ccc32)CC1. The van der Waals surface area contributed by atoms with Crippen LogP contribution in [0.5, 0.6) is 5.75 Å². The van der Waals surface area contributed by atoms with Crippen LogP contribution in [0.15, 0.2) is 42.5 Å². The summed E-state index contributed by atoms with van der Waals surface area (Å²) in [4.78, 5) is 28.6. The van der Waals surface area contributed by atoms with Crippen LogP contribution in [0.25, 0.3) is 0 Å². The molecule has 10 nitrogen and oxygen atoms in total. The van der Waals surface area contributed by atoms with Gasteiger partial charge < -0.3 is 15.0 Å².